The summed E-state index contributed by atoms with van der Waals surface area (Å²) in [5.41, 5.74) is 17.3. The Labute approximate surface area is 822 Å². The van der Waals surface area contributed by atoms with E-state index in [1.165, 1.54) is 43.8 Å². The van der Waals surface area contributed by atoms with Crippen LogP contribution in [0.4, 0.5) is 110 Å². The van der Waals surface area contributed by atoms with Gasteiger partial charge in [-0.15, -0.1) is 0 Å². The first-order chi connectivity index (χ1) is 66.9. The molecule has 18 rings (SSSR count). The van der Waals surface area contributed by atoms with Gasteiger partial charge in [0.25, 0.3) is 0 Å². The fraction of sp³-hybridized carbons (Fsp3) is 0.200. The summed E-state index contributed by atoms with van der Waals surface area (Å²) in [5.74, 6) is 0. The first-order valence-corrected chi connectivity index (χ1v) is 54.6. The number of hydrogen-bond donors (Lipinski definition) is 0. The second-order valence-electron chi connectivity index (χ2n) is 35.0. The van der Waals surface area contributed by atoms with Gasteiger partial charge in [0, 0.05) is 67.0 Å². The number of unbranched alkanes of at least 4 members (excludes halogenated alkanes) is 4. The van der Waals surface area contributed by atoms with Gasteiger partial charge in [0.2, 0.25) is 45.0 Å². The summed E-state index contributed by atoms with van der Waals surface area (Å²) >= 11 is 0. The van der Waals surface area contributed by atoms with Crippen LogP contribution in [-0.4, -0.2) is 44.2 Å². The number of nitrogens with zero attached hydrogens (tertiary/aromatic N) is 12. The van der Waals surface area contributed by atoms with E-state index in [0.29, 0.717) is 0 Å². The molecule has 18 aromatic rings. The number of aromatic nitrogens is 10. The van der Waals surface area contributed by atoms with Gasteiger partial charge in [-0.2, -0.15) is 0 Å². The van der Waals surface area contributed by atoms with Crippen LogP contribution in [0.3, 0.4) is 0 Å². The SMILES string of the molecule is C.C[n+]1ccn(CCCCc2ccc(N(c3ccccc3)c3ccc(S(=O)(=O)c4ccc(N(c5ccccc5)c5ccc(CCCCn6cc[n+](C)c6)cc5)cc4)cc3)cc2)c1.C[n+]1ccn(CCCCc2ccc3c(c2)c2ccccc2n3-c2ccc(S(=O)(=O)c3ccc(-n4c5ccccc5c5cc(CCCCn6cc[n+](C)c6)ccc54)cc3)cc2)c1.F[P-](F)(F)(F)(F)F.F[P-](F)(F)(F)(F)F.F[P-](F)(F)(F)(F)F. The Morgan fingerprint density at radius 3 is 0.722 bits per heavy atom. The Balaban J connectivity index is 0.000000200. The van der Waals surface area contributed by atoms with Gasteiger partial charge < -0.3 is 18.9 Å². The molecule has 0 aliphatic carbocycles. The Hall–Kier alpha value is -13.4. The van der Waals surface area contributed by atoms with Crippen molar-refractivity contribution in [2.24, 2.45) is 28.2 Å². The first-order valence-electron chi connectivity index (χ1n) is 45.5. The van der Waals surface area contributed by atoms with Crippen LogP contribution < -0.4 is 28.1 Å². The van der Waals surface area contributed by atoms with E-state index in [0.717, 1.165) is 171 Å². The van der Waals surface area contributed by atoms with Crippen LogP contribution in [0.25, 0.3) is 55.0 Å². The van der Waals surface area contributed by atoms with E-state index in [9.17, 15) is 92.4 Å². The summed E-state index contributed by atoms with van der Waals surface area (Å²) in [6.07, 6.45) is 38.2. The number of sulfone groups is 2. The van der Waals surface area contributed by atoms with Crippen molar-refractivity contribution in [2.75, 3.05) is 9.80 Å². The summed E-state index contributed by atoms with van der Waals surface area (Å²) in [7, 11) is -31.3. The second kappa shape index (κ2) is 41.4. The minimum atomic E-state index is -10.7. The number of imidazole rings is 4. The zero-order chi connectivity index (χ0) is 103. The standard InChI is InChI=1S/C52H50N6O2S.C52H54N6O2S.CH4.3F6P/c1-53-31-33-55(37-53)29-9-7-11-39-17-27-51-47(35-39)45-13-3-5-15-49(45)57(51)41-19-23-43(24-20-41)61(59,60)44-25-21-42(22-26-44)58-50-16-6-4-14-46(50)48-36-40(18-28-52(48)58)12-8-10-30-56-34-32-54(2)38-56;1-53-37-39-55(41-53)35-11-9-13-43-19-23-47(24-20-43)57(45-15-5-3-6-16-45)49-27-31-51(32-28-49)61(59,60)52-33-29-50(30-34-52)58(46-17-7-4-8-18-46)48-25-21-44(22-26-48)14-10-12-36-56-40-38-54(2)42-56;;3*1-7(2,3,4,5)6/h3-6,13-28,31-38H,7-12,29-30H2,1-2H3;3-8,15-34,37-42H,9-14,35-36H2,1-2H3;1H4;;;/q2*+2;;3*-1. The first kappa shape index (κ1) is 108. The number of hydrogen-bond acceptors (Lipinski definition) is 6. The normalized spacial score (nSPS) is 13.3. The zero-order valence-corrected chi connectivity index (χ0v) is 82.2. The predicted octanol–water partition coefficient (Wildman–Crippen LogP) is 31.6. The summed E-state index contributed by atoms with van der Waals surface area (Å²) in [6.45, 7) is 4.05. The van der Waals surface area contributed by atoms with E-state index in [2.05, 4.69) is 302 Å². The topological polar surface area (TPSA) is 120 Å². The van der Waals surface area contributed by atoms with Crippen molar-refractivity contribution in [1.82, 2.24) is 27.4 Å². The fourth-order valence-electron chi connectivity index (χ4n) is 17.0. The second-order valence-corrected chi connectivity index (χ2v) is 44.7. The van der Waals surface area contributed by atoms with Crippen LogP contribution in [0.5, 0.6) is 0 Å². The molecule has 0 bridgehead atoms. The zero-order valence-electron chi connectivity index (χ0n) is 77.9. The maximum absolute atomic E-state index is 14.1. The van der Waals surface area contributed by atoms with Crippen molar-refractivity contribution < 1.29 is 111 Å². The van der Waals surface area contributed by atoms with Crippen molar-refractivity contribution in [2.45, 2.75) is 130 Å². The number of anilines is 6. The molecule has 16 nitrogen and oxygen atoms in total. The third-order valence-electron chi connectivity index (χ3n) is 23.3. The van der Waals surface area contributed by atoms with E-state index in [1.54, 1.807) is 48.5 Å². The van der Waals surface area contributed by atoms with Gasteiger partial charge >= 0.3 is 99.0 Å². The van der Waals surface area contributed by atoms with Crippen molar-refractivity contribution in [3.63, 3.8) is 0 Å². The van der Waals surface area contributed by atoms with Crippen LogP contribution in [0.2, 0.25) is 0 Å². The van der Waals surface area contributed by atoms with E-state index in [-0.39, 0.29) is 27.0 Å². The van der Waals surface area contributed by atoms with Crippen molar-refractivity contribution >= 4 is 121 Å². The molecule has 6 heterocycles. The molecule has 6 aromatic heterocycles. The third kappa shape index (κ3) is 32.3. The average Bonchev–Trinajstić information content (AvgIpc) is 1.59. The summed E-state index contributed by atoms with van der Waals surface area (Å²) in [6, 6.07) is 97.4. The number of benzene rings is 12. The third-order valence-corrected chi connectivity index (χ3v) is 26.9. The number of rotatable bonds is 32. The van der Waals surface area contributed by atoms with Crippen molar-refractivity contribution in [3.8, 4) is 11.4 Å². The molecule has 764 valence electrons. The molecule has 0 amide bonds. The summed E-state index contributed by atoms with van der Waals surface area (Å²) < 4.78 is 256. The molecule has 144 heavy (non-hydrogen) atoms. The molecule has 0 aliphatic heterocycles. The summed E-state index contributed by atoms with van der Waals surface area (Å²) in [4.78, 5) is 5.37. The van der Waals surface area contributed by atoms with Gasteiger partial charge in [0.15, 0.2) is 0 Å². The monoisotopic (exact) mass is 2100 g/mol. The molecule has 0 atom stereocenters. The van der Waals surface area contributed by atoms with Crippen LogP contribution in [0.1, 0.15) is 81.0 Å². The number of halogens is 18. The number of aryl methyl sites for hydroxylation is 12. The Kier molecular flexibility index (Phi) is 31.0. The summed E-state index contributed by atoms with van der Waals surface area (Å²) in [5, 5.41) is 4.79. The van der Waals surface area contributed by atoms with E-state index in [1.807, 2.05) is 99.0 Å². The van der Waals surface area contributed by atoms with Gasteiger partial charge in [-0.05, 0) is 281 Å². The molecule has 0 spiro atoms. The van der Waals surface area contributed by atoms with Crippen LogP contribution in [0.15, 0.2) is 386 Å². The average molecular weight is 2100 g/mol. The van der Waals surface area contributed by atoms with Gasteiger partial charge in [-0.25, -0.2) is 53.4 Å². The van der Waals surface area contributed by atoms with Gasteiger partial charge in [0.05, 0.1) is 96.0 Å². The molecule has 0 saturated carbocycles. The Morgan fingerprint density at radius 1 is 0.250 bits per heavy atom. The molecule has 0 unspecified atom stereocenters. The van der Waals surface area contributed by atoms with Crippen LogP contribution in [-0.2, 0) is 99.7 Å². The number of fused-ring (bicyclic) bond motifs is 6. The molecule has 0 aliphatic rings. The van der Waals surface area contributed by atoms with Crippen molar-refractivity contribution in [3.05, 3.63) is 388 Å². The quantitative estimate of drug-likeness (QED) is 0.0179. The molecular formula is C105H108F18N12O4P3S2+. The molecule has 0 radical (unpaired) electrons. The van der Waals surface area contributed by atoms with E-state index in [4.69, 9.17) is 0 Å². The van der Waals surface area contributed by atoms with Gasteiger partial charge in [-0.1, -0.05) is 117 Å². The van der Waals surface area contributed by atoms with Crippen molar-refractivity contribution in [1.29, 1.82) is 0 Å². The molecule has 12 aromatic carbocycles. The molecule has 0 N–H and O–H groups in total. The molecule has 0 fully saturated rings. The molecule has 0 saturated heterocycles. The predicted molar refractivity (Wildman–Crippen MR) is 536 cm³/mol. The van der Waals surface area contributed by atoms with Gasteiger partial charge in [-0.3, -0.25) is 0 Å². The maximum atomic E-state index is 14.1. The molecular weight excluding hydrogens is 1990 g/mol. The number of para-hydroxylation sites is 4. The Morgan fingerprint density at radius 2 is 0.465 bits per heavy atom. The minimum absolute atomic E-state index is 0. The molecule has 39 heteroatoms. The van der Waals surface area contributed by atoms with E-state index < -0.39 is 43.1 Å². The fourth-order valence-corrected chi connectivity index (χ4v) is 19.5. The van der Waals surface area contributed by atoms with Gasteiger partial charge in [0.1, 0.15) is 49.6 Å². The van der Waals surface area contributed by atoms with E-state index >= 15 is 0 Å². The van der Waals surface area contributed by atoms with Crippen LogP contribution >= 0.6 is 23.4 Å². The Bertz CT molecular complexity index is 7200. The van der Waals surface area contributed by atoms with Crippen LogP contribution in [0, 0.1) is 0 Å².